The molecule has 2 fully saturated rings. The highest BCUT2D eigenvalue weighted by Crippen LogP contribution is 2.34. The molecule has 0 unspecified atom stereocenters. The zero-order chi connectivity index (χ0) is 17.8. The van der Waals surface area contributed by atoms with Gasteiger partial charge in [0, 0.05) is 6.54 Å². The maximum Gasteiger partial charge on any atom is 0.249 e. The van der Waals surface area contributed by atoms with Gasteiger partial charge in [-0.25, -0.2) is 0 Å². The van der Waals surface area contributed by atoms with E-state index in [2.05, 4.69) is 6.92 Å². The van der Waals surface area contributed by atoms with Crippen molar-refractivity contribution >= 4 is 5.91 Å². The van der Waals surface area contributed by atoms with Crippen LogP contribution in [0.3, 0.4) is 0 Å². The van der Waals surface area contributed by atoms with Crippen LogP contribution in [0.5, 0.6) is 5.75 Å². The number of aliphatic hydroxyl groups excluding tert-OH is 1. The lowest BCUT2D eigenvalue weighted by Crippen LogP contribution is -2.36. The second-order valence-corrected chi connectivity index (χ2v) is 7.42. The van der Waals surface area contributed by atoms with Gasteiger partial charge in [-0.05, 0) is 55.7 Å². The predicted octanol–water partition coefficient (Wildman–Crippen LogP) is 2.92. The maximum absolute atomic E-state index is 12.7. The molecule has 25 heavy (non-hydrogen) atoms. The Kier molecular flexibility index (Phi) is 5.97. The fourth-order valence-electron chi connectivity index (χ4n) is 3.92. The molecule has 2 aliphatic rings. The molecule has 0 spiro atoms. The van der Waals surface area contributed by atoms with Crippen LogP contribution in [0.2, 0.25) is 0 Å². The van der Waals surface area contributed by atoms with Gasteiger partial charge in [0.1, 0.15) is 12.4 Å². The van der Waals surface area contributed by atoms with Crippen molar-refractivity contribution in [3.8, 4) is 5.75 Å². The number of ether oxygens (including phenoxy) is 2. The van der Waals surface area contributed by atoms with Gasteiger partial charge in [0.15, 0.2) is 0 Å². The number of carbonyl (C=O) groups is 1. The first-order valence-corrected chi connectivity index (χ1v) is 9.30. The van der Waals surface area contributed by atoms with Gasteiger partial charge < -0.3 is 19.5 Å². The molecule has 1 aromatic rings. The Bertz CT molecular complexity index is 583. The Morgan fingerprint density at radius 2 is 2.04 bits per heavy atom. The molecule has 5 heteroatoms. The minimum atomic E-state index is -0.490. The average Bonchev–Trinajstić information content (AvgIpc) is 3.03. The number of amides is 1. The first-order chi connectivity index (χ1) is 12.1. The lowest BCUT2D eigenvalue weighted by atomic mass is 9.89. The minimum absolute atomic E-state index is 0.0389. The Morgan fingerprint density at radius 1 is 1.28 bits per heavy atom. The first kappa shape index (κ1) is 18.2. The third kappa shape index (κ3) is 4.53. The molecule has 3 rings (SSSR count). The SMILES string of the molecule is COc1cccc([C@H]2C[C@@H](O)CN2C(=O)COC2CCC(C)CC2)c1. The van der Waals surface area contributed by atoms with Crippen molar-refractivity contribution in [2.75, 3.05) is 20.3 Å². The Labute approximate surface area is 149 Å². The highest BCUT2D eigenvalue weighted by atomic mass is 16.5. The molecule has 1 N–H and O–H groups in total. The van der Waals surface area contributed by atoms with Crippen molar-refractivity contribution in [3.05, 3.63) is 29.8 Å². The number of aliphatic hydroxyl groups is 1. The van der Waals surface area contributed by atoms with Crippen molar-refractivity contribution in [2.24, 2.45) is 5.92 Å². The molecular weight excluding hydrogens is 318 g/mol. The fraction of sp³-hybridized carbons (Fsp3) is 0.650. The van der Waals surface area contributed by atoms with E-state index in [0.29, 0.717) is 13.0 Å². The maximum atomic E-state index is 12.7. The standard InChI is InChI=1S/C20H29NO4/c1-14-6-8-17(9-7-14)25-13-20(23)21-12-16(22)11-19(21)15-4-3-5-18(10-15)24-2/h3-5,10,14,16-17,19,22H,6-9,11-13H2,1-2H3/t14?,16-,17?,19-/m1/s1. The van der Waals surface area contributed by atoms with Crippen molar-refractivity contribution in [2.45, 2.75) is 57.3 Å². The summed E-state index contributed by atoms with van der Waals surface area (Å²) in [4.78, 5) is 14.4. The molecule has 1 aliphatic carbocycles. The lowest BCUT2D eigenvalue weighted by molar-refractivity contribution is -0.140. The van der Waals surface area contributed by atoms with Gasteiger partial charge >= 0.3 is 0 Å². The molecule has 138 valence electrons. The summed E-state index contributed by atoms with van der Waals surface area (Å²) in [6.45, 7) is 2.74. The van der Waals surface area contributed by atoms with E-state index in [0.717, 1.165) is 30.1 Å². The van der Waals surface area contributed by atoms with E-state index >= 15 is 0 Å². The van der Waals surface area contributed by atoms with E-state index in [1.165, 1.54) is 12.8 Å². The van der Waals surface area contributed by atoms with Crippen LogP contribution < -0.4 is 4.74 Å². The summed E-state index contributed by atoms with van der Waals surface area (Å²) in [5, 5.41) is 10.1. The summed E-state index contributed by atoms with van der Waals surface area (Å²) in [5.41, 5.74) is 0.996. The molecule has 1 amide bonds. The Morgan fingerprint density at radius 3 is 2.76 bits per heavy atom. The molecule has 1 saturated heterocycles. The fourth-order valence-corrected chi connectivity index (χ4v) is 3.92. The van der Waals surface area contributed by atoms with Gasteiger partial charge in [-0.1, -0.05) is 19.1 Å². The molecular formula is C20H29NO4. The molecule has 2 atom stereocenters. The van der Waals surface area contributed by atoms with Crippen LogP contribution in [0, 0.1) is 5.92 Å². The summed E-state index contributed by atoms with van der Waals surface area (Å²) < 4.78 is 11.2. The number of β-amino-alcohol motifs (C(OH)–C–C–N with tert-alkyl or cyclic N) is 1. The molecule has 5 nitrogen and oxygen atoms in total. The zero-order valence-electron chi connectivity index (χ0n) is 15.2. The highest BCUT2D eigenvalue weighted by molar-refractivity contribution is 5.78. The van der Waals surface area contributed by atoms with Crippen LogP contribution in [0.1, 0.15) is 50.6 Å². The zero-order valence-corrected chi connectivity index (χ0v) is 15.2. The van der Waals surface area contributed by atoms with Crippen LogP contribution in [0.4, 0.5) is 0 Å². The Hall–Kier alpha value is -1.59. The summed E-state index contributed by atoms with van der Waals surface area (Å²) in [7, 11) is 1.63. The number of likely N-dealkylation sites (tertiary alicyclic amines) is 1. The molecule has 0 radical (unpaired) electrons. The predicted molar refractivity (Wildman–Crippen MR) is 95.4 cm³/mol. The molecule has 0 aromatic heterocycles. The van der Waals surface area contributed by atoms with Crippen molar-refractivity contribution in [1.29, 1.82) is 0 Å². The third-order valence-corrected chi connectivity index (χ3v) is 5.48. The molecule has 1 heterocycles. The number of nitrogens with zero attached hydrogens (tertiary/aromatic N) is 1. The van der Waals surface area contributed by atoms with E-state index < -0.39 is 6.10 Å². The number of hydrogen-bond donors (Lipinski definition) is 1. The lowest BCUT2D eigenvalue weighted by Gasteiger charge is -2.28. The first-order valence-electron chi connectivity index (χ1n) is 9.30. The van der Waals surface area contributed by atoms with Gasteiger partial charge in [0.2, 0.25) is 5.91 Å². The van der Waals surface area contributed by atoms with Crippen LogP contribution >= 0.6 is 0 Å². The number of benzene rings is 1. The average molecular weight is 347 g/mol. The second kappa shape index (κ2) is 8.19. The van der Waals surface area contributed by atoms with Crippen LogP contribution in [0.25, 0.3) is 0 Å². The summed E-state index contributed by atoms with van der Waals surface area (Å²) in [5.74, 6) is 1.49. The number of carbonyl (C=O) groups excluding carboxylic acids is 1. The normalized spacial score (nSPS) is 29.6. The summed E-state index contributed by atoms with van der Waals surface area (Å²) in [6.07, 6.45) is 4.69. The van der Waals surface area contributed by atoms with E-state index in [4.69, 9.17) is 9.47 Å². The van der Waals surface area contributed by atoms with Gasteiger partial charge in [0.25, 0.3) is 0 Å². The number of hydrogen-bond acceptors (Lipinski definition) is 4. The van der Waals surface area contributed by atoms with E-state index in [1.54, 1.807) is 12.0 Å². The van der Waals surface area contributed by atoms with E-state index in [1.807, 2.05) is 24.3 Å². The molecule has 1 aromatic carbocycles. The number of rotatable bonds is 5. The van der Waals surface area contributed by atoms with Gasteiger partial charge in [0.05, 0.1) is 25.4 Å². The van der Waals surface area contributed by atoms with E-state index in [-0.39, 0.29) is 24.7 Å². The van der Waals surface area contributed by atoms with Crippen LogP contribution in [0.15, 0.2) is 24.3 Å². The van der Waals surface area contributed by atoms with Crippen LogP contribution in [-0.2, 0) is 9.53 Å². The smallest absolute Gasteiger partial charge is 0.249 e. The summed E-state index contributed by atoms with van der Waals surface area (Å²) in [6, 6.07) is 7.60. The molecule has 1 aliphatic heterocycles. The van der Waals surface area contributed by atoms with Gasteiger partial charge in [-0.15, -0.1) is 0 Å². The van der Waals surface area contributed by atoms with Crippen molar-refractivity contribution in [3.63, 3.8) is 0 Å². The largest absolute Gasteiger partial charge is 0.497 e. The van der Waals surface area contributed by atoms with Crippen LogP contribution in [-0.4, -0.2) is 48.4 Å². The summed E-state index contributed by atoms with van der Waals surface area (Å²) >= 11 is 0. The third-order valence-electron chi connectivity index (χ3n) is 5.48. The monoisotopic (exact) mass is 347 g/mol. The molecule has 0 bridgehead atoms. The van der Waals surface area contributed by atoms with E-state index in [9.17, 15) is 9.90 Å². The van der Waals surface area contributed by atoms with Gasteiger partial charge in [-0.2, -0.15) is 0 Å². The minimum Gasteiger partial charge on any atom is -0.497 e. The number of methoxy groups -OCH3 is 1. The Balaban J connectivity index is 1.61. The second-order valence-electron chi connectivity index (χ2n) is 7.42. The van der Waals surface area contributed by atoms with Gasteiger partial charge in [-0.3, -0.25) is 4.79 Å². The highest BCUT2D eigenvalue weighted by Gasteiger charge is 2.35. The van der Waals surface area contributed by atoms with Crippen molar-refractivity contribution < 1.29 is 19.4 Å². The topological polar surface area (TPSA) is 59.0 Å². The van der Waals surface area contributed by atoms with Crippen molar-refractivity contribution in [1.82, 2.24) is 4.90 Å². The molecule has 1 saturated carbocycles. The quantitative estimate of drug-likeness (QED) is 0.890.